The molecule has 0 saturated carbocycles. The molecule has 0 radical (unpaired) electrons. The largest absolute Gasteiger partial charge is 0.356 e. The Balaban J connectivity index is 0.00000361. The second-order valence-corrected chi connectivity index (χ2v) is 6.14. The van der Waals surface area contributed by atoms with Gasteiger partial charge in [-0.25, -0.2) is 0 Å². The molecule has 0 amide bonds. The quantitative estimate of drug-likeness (QED) is 0.470. The first-order valence-electron chi connectivity index (χ1n) is 6.87. The van der Waals surface area contributed by atoms with Crippen LogP contribution >= 0.6 is 24.0 Å². The second-order valence-electron chi connectivity index (χ2n) is 6.14. The van der Waals surface area contributed by atoms with Crippen molar-refractivity contribution in [1.82, 2.24) is 10.6 Å². The number of nitrogens with one attached hydrogen (secondary N) is 2. The summed E-state index contributed by atoms with van der Waals surface area (Å²) in [5, 5.41) is 6.75. The Bertz CT molecular complexity index is 436. The lowest BCUT2D eigenvalue weighted by molar-refractivity contribution is 0.499. The highest BCUT2D eigenvalue weighted by molar-refractivity contribution is 14.0. The van der Waals surface area contributed by atoms with E-state index >= 15 is 0 Å². The molecule has 20 heavy (non-hydrogen) atoms. The third-order valence-corrected chi connectivity index (χ3v) is 2.90. The van der Waals surface area contributed by atoms with Crippen LogP contribution in [0.3, 0.4) is 0 Å². The van der Waals surface area contributed by atoms with Crippen LogP contribution in [0.5, 0.6) is 0 Å². The summed E-state index contributed by atoms with van der Waals surface area (Å²) in [6.45, 7) is 11.6. The van der Waals surface area contributed by atoms with E-state index in [4.69, 9.17) is 0 Å². The molecule has 4 heteroatoms. The molecular formula is C16H28IN3. The van der Waals surface area contributed by atoms with Crippen LogP contribution in [-0.4, -0.2) is 25.1 Å². The first-order chi connectivity index (χ1) is 8.81. The normalized spacial score (nSPS) is 13.4. The molecule has 0 aliphatic carbocycles. The van der Waals surface area contributed by atoms with Gasteiger partial charge in [0.1, 0.15) is 0 Å². The number of halogens is 1. The molecule has 1 unspecified atom stereocenters. The maximum Gasteiger partial charge on any atom is 0.191 e. The van der Waals surface area contributed by atoms with Gasteiger partial charge in [-0.2, -0.15) is 0 Å². The van der Waals surface area contributed by atoms with Crippen LogP contribution in [0.4, 0.5) is 0 Å². The first-order valence-corrected chi connectivity index (χ1v) is 6.87. The van der Waals surface area contributed by atoms with Crippen molar-refractivity contribution in [2.24, 2.45) is 4.99 Å². The van der Waals surface area contributed by atoms with E-state index in [1.807, 2.05) is 0 Å². The molecule has 3 nitrogen and oxygen atoms in total. The highest BCUT2D eigenvalue weighted by Crippen LogP contribution is 2.15. The molecule has 1 atom stereocenters. The monoisotopic (exact) mass is 389 g/mol. The van der Waals surface area contributed by atoms with Crippen molar-refractivity contribution >= 4 is 29.9 Å². The summed E-state index contributed by atoms with van der Waals surface area (Å²) in [5.74, 6) is 1.31. The van der Waals surface area contributed by atoms with Crippen molar-refractivity contribution in [2.45, 2.75) is 46.1 Å². The van der Waals surface area contributed by atoms with Gasteiger partial charge in [0.25, 0.3) is 0 Å². The topological polar surface area (TPSA) is 36.4 Å². The van der Waals surface area contributed by atoms with Gasteiger partial charge in [-0.3, -0.25) is 4.99 Å². The van der Waals surface area contributed by atoms with E-state index in [0.717, 1.165) is 12.5 Å². The molecule has 0 saturated heterocycles. The minimum atomic E-state index is 0. The Morgan fingerprint density at radius 3 is 2.45 bits per heavy atom. The molecule has 1 aromatic rings. The van der Waals surface area contributed by atoms with Crippen molar-refractivity contribution in [3.8, 4) is 0 Å². The van der Waals surface area contributed by atoms with Gasteiger partial charge in [0.15, 0.2) is 5.96 Å². The fraction of sp³-hybridized carbons (Fsp3) is 0.562. The van der Waals surface area contributed by atoms with Gasteiger partial charge in [0.2, 0.25) is 0 Å². The molecule has 2 N–H and O–H groups in total. The van der Waals surface area contributed by atoms with E-state index < -0.39 is 0 Å². The predicted octanol–water partition coefficient (Wildman–Crippen LogP) is 3.68. The second kappa shape index (κ2) is 8.49. The van der Waals surface area contributed by atoms with Gasteiger partial charge in [0.05, 0.1) is 0 Å². The number of rotatable bonds is 3. The average Bonchev–Trinajstić information content (AvgIpc) is 2.32. The van der Waals surface area contributed by atoms with Crippen molar-refractivity contribution in [2.75, 3.05) is 13.6 Å². The number of nitrogens with zero attached hydrogens (tertiary/aromatic N) is 1. The zero-order valence-corrected chi connectivity index (χ0v) is 15.8. The first kappa shape index (κ1) is 19.2. The smallest absolute Gasteiger partial charge is 0.191 e. The van der Waals surface area contributed by atoms with Crippen LogP contribution in [0, 0.1) is 6.92 Å². The number of aliphatic imine (C=N–C) groups is 1. The highest BCUT2D eigenvalue weighted by Gasteiger charge is 2.12. The third-order valence-electron chi connectivity index (χ3n) is 2.90. The summed E-state index contributed by atoms with van der Waals surface area (Å²) in [6, 6.07) is 8.67. The van der Waals surface area contributed by atoms with E-state index in [2.05, 4.69) is 74.5 Å². The van der Waals surface area contributed by atoms with E-state index in [-0.39, 0.29) is 29.5 Å². The molecule has 0 aromatic heterocycles. The fourth-order valence-electron chi connectivity index (χ4n) is 1.88. The number of benzene rings is 1. The summed E-state index contributed by atoms with van der Waals surface area (Å²) in [7, 11) is 1.80. The zero-order chi connectivity index (χ0) is 14.5. The van der Waals surface area contributed by atoms with Crippen LogP contribution in [-0.2, 0) is 0 Å². The van der Waals surface area contributed by atoms with Crippen molar-refractivity contribution in [3.63, 3.8) is 0 Å². The van der Waals surface area contributed by atoms with Gasteiger partial charge >= 0.3 is 0 Å². The average molecular weight is 389 g/mol. The highest BCUT2D eigenvalue weighted by atomic mass is 127. The van der Waals surface area contributed by atoms with E-state index in [1.165, 1.54) is 11.1 Å². The molecule has 0 fully saturated rings. The van der Waals surface area contributed by atoms with Crippen molar-refractivity contribution < 1.29 is 0 Å². The molecule has 0 aliphatic heterocycles. The van der Waals surface area contributed by atoms with E-state index in [0.29, 0.717) is 5.92 Å². The molecule has 0 aliphatic rings. The van der Waals surface area contributed by atoms with Crippen molar-refractivity contribution in [1.29, 1.82) is 0 Å². The van der Waals surface area contributed by atoms with Crippen LogP contribution in [0.25, 0.3) is 0 Å². The zero-order valence-electron chi connectivity index (χ0n) is 13.4. The van der Waals surface area contributed by atoms with Gasteiger partial charge in [-0.05, 0) is 39.2 Å². The van der Waals surface area contributed by atoms with E-state index in [1.54, 1.807) is 7.05 Å². The molecule has 1 rings (SSSR count). The molecule has 1 aromatic carbocycles. The summed E-state index contributed by atoms with van der Waals surface area (Å²) in [5.41, 5.74) is 2.69. The number of guanidine groups is 1. The number of aryl methyl sites for hydroxylation is 1. The van der Waals surface area contributed by atoms with Gasteiger partial charge < -0.3 is 10.6 Å². The SMILES string of the molecule is CN=C(NCC(C)c1cccc(C)c1)NC(C)(C)C.I. The summed E-state index contributed by atoms with van der Waals surface area (Å²) in [4.78, 5) is 4.25. The van der Waals surface area contributed by atoms with Crippen molar-refractivity contribution in [3.05, 3.63) is 35.4 Å². The number of hydrogen-bond donors (Lipinski definition) is 2. The van der Waals surface area contributed by atoms with Crippen LogP contribution in [0.2, 0.25) is 0 Å². The molecule has 0 spiro atoms. The summed E-state index contributed by atoms with van der Waals surface area (Å²) in [6.07, 6.45) is 0. The Morgan fingerprint density at radius 2 is 1.95 bits per heavy atom. The minimum Gasteiger partial charge on any atom is -0.356 e. The maximum atomic E-state index is 4.25. The maximum absolute atomic E-state index is 4.25. The van der Waals surface area contributed by atoms with Gasteiger partial charge in [-0.15, -0.1) is 24.0 Å². The Hall–Kier alpha value is -0.780. The lowest BCUT2D eigenvalue weighted by Gasteiger charge is -2.25. The van der Waals surface area contributed by atoms with Gasteiger partial charge in [0, 0.05) is 19.1 Å². The van der Waals surface area contributed by atoms with Gasteiger partial charge in [-0.1, -0.05) is 36.8 Å². The third kappa shape index (κ3) is 7.12. The predicted molar refractivity (Wildman–Crippen MR) is 99.3 cm³/mol. The molecule has 114 valence electrons. The Labute approximate surface area is 140 Å². The van der Waals surface area contributed by atoms with Crippen LogP contribution in [0.1, 0.15) is 44.7 Å². The summed E-state index contributed by atoms with van der Waals surface area (Å²) < 4.78 is 0. The molecule has 0 heterocycles. The Morgan fingerprint density at radius 1 is 1.30 bits per heavy atom. The minimum absolute atomic E-state index is 0. The molecule has 0 bridgehead atoms. The molecular weight excluding hydrogens is 361 g/mol. The van der Waals surface area contributed by atoms with E-state index in [9.17, 15) is 0 Å². The fourth-order valence-corrected chi connectivity index (χ4v) is 1.88. The summed E-state index contributed by atoms with van der Waals surface area (Å²) >= 11 is 0. The number of hydrogen-bond acceptors (Lipinski definition) is 1. The Kier molecular flexibility index (Phi) is 8.16. The van der Waals surface area contributed by atoms with Crippen LogP contribution < -0.4 is 10.6 Å². The lowest BCUT2D eigenvalue weighted by atomic mass is 9.99. The lowest BCUT2D eigenvalue weighted by Crippen LogP contribution is -2.48. The van der Waals surface area contributed by atoms with Crippen LogP contribution in [0.15, 0.2) is 29.3 Å². The standard InChI is InChI=1S/C16H27N3.HI/c1-12-8-7-9-14(10-12)13(2)11-18-15(17-6)19-16(3,4)5;/h7-10,13H,11H2,1-6H3,(H2,17,18,19);1H.